The standard InChI is InChI=1S/C8H12O4S/c1-8(2,9)6-4-7(12-5-6)13(3,10)11/h4-5,9H,1-3H3. The Hall–Kier alpha value is -0.810. The van der Waals surface area contributed by atoms with Crippen molar-refractivity contribution in [2.45, 2.75) is 24.5 Å². The van der Waals surface area contributed by atoms with Crippen LogP contribution in [-0.4, -0.2) is 19.8 Å². The molecule has 0 aliphatic heterocycles. The molecular formula is C8H12O4S. The van der Waals surface area contributed by atoms with Crippen molar-refractivity contribution in [3.8, 4) is 0 Å². The third-order valence-corrected chi connectivity index (χ3v) is 2.59. The van der Waals surface area contributed by atoms with Gasteiger partial charge in [-0.15, -0.1) is 0 Å². The molecule has 0 aliphatic rings. The van der Waals surface area contributed by atoms with E-state index in [1.54, 1.807) is 13.8 Å². The van der Waals surface area contributed by atoms with Crippen molar-refractivity contribution in [3.05, 3.63) is 17.9 Å². The highest BCUT2D eigenvalue weighted by atomic mass is 32.2. The summed E-state index contributed by atoms with van der Waals surface area (Å²) in [5.74, 6) is 0. The normalized spacial score (nSPS) is 13.2. The summed E-state index contributed by atoms with van der Waals surface area (Å²) < 4.78 is 26.8. The van der Waals surface area contributed by atoms with Gasteiger partial charge in [0.05, 0.1) is 11.9 Å². The number of hydrogen-bond donors (Lipinski definition) is 1. The SMILES string of the molecule is CC(C)(O)c1coc(S(C)(=O)=O)c1. The van der Waals surface area contributed by atoms with Crippen LogP contribution in [0, 0.1) is 0 Å². The zero-order valence-corrected chi connectivity index (χ0v) is 8.55. The van der Waals surface area contributed by atoms with Gasteiger partial charge < -0.3 is 9.52 Å². The fourth-order valence-electron chi connectivity index (χ4n) is 0.832. The summed E-state index contributed by atoms with van der Waals surface area (Å²) in [6.07, 6.45) is 2.30. The van der Waals surface area contributed by atoms with E-state index in [9.17, 15) is 13.5 Å². The first-order valence-electron chi connectivity index (χ1n) is 3.73. The Morgan fingerprint density at radius 3 is 2.23 bits per heavy atom. The average molecular weight is 204 g/mol. The fourth-order valence-corrected chi connectivity index (χ4v) is 1.40. The Kier molecular flexibility index (Phi) is 2.25. The molecule has 0 spiro atoms. The molecular weight excluding hydrogens is 192 g/mol. The molecule has 1 heterocycles. The van der Waals surface area contributed by atoms with Gasteiger partial charge in [0.2, 0.25) is 14.9 Å². The van der Waals surface area contributed by atoms with Gasteiger partial charge in [-0.2, -0.15) is 0 Å². The maximum Gasteiger partial charge on any atom is 0.217 e. The quantitative estimate of drug-likeness (QED) is 0.777. The first kappa shape index (κ1) is 10.3. The predicted molar refractivity (Wildman–Crippen MR) is 47.1 cm³/mol. The number of furan rings is 1. The van der Waals surface area contributed by atoms with Gasteiger partial charge in [-0.05, 0) is 13.8 Å². The second-order valence-corrected chi connectivity index (χ2v) is 5.43. The summed E-state index contributed by atoms with van der Waals surface area (Å²) in [7, 11) is -3.32. The Labute approximate surface area is 77.1 Å². The van der Waals surface area contributed by atoms with Gasteiger partial charge in [0.25, 0.3) is 0 Å². The summed E-state index contributed by atoms with van der Waals surface area (Å²) in [4.78, 5) is 0. The molecule has 0 aliphatic carbocycles. The summed E-state index contributed by atoms with van der Waals surface area (Å²) in [6, 6.07) is 1.33. The van der Waals surface area contributed by atoms with Gasteiger partial charge in [0, 0.05) is 17.9 Å². The largest absolute Gasteiger partial charge is 0.453 e. The molecule has 0 saturated carbocycles. The van der Waals surface area contributed by atoms with Crippen LogP contribution >= 0.6 is 0 Å². The number of sulfone groups is 1. The van der Waals surface area contributed by atoms with Crippen LogP contribution in [0.2, 0.25) is 0 Å². The zero-order chi connectivity index (χ0) is 10.3. The van der Waals surface area contributed by atoms with Gasteiger partial charge in [0.15, 0.2) is 0 Å². The van der Waals surface area contributed by atoms with E-state index >= 15 is 0 Å². The average Bonchev–Trinajstić information content (AvgIpc) is 2.28. The lowest BCUT2D eigenvalue weighted by Crippen LogP contribution is -2.13. The molecule has 4 nitrogen and oxygen atoms in total. The maximum atomic E-state index is 11.0. The van der Waals surface area contributed by atoms with Crippen molar-refractivity contribution >= 4 is 9.84 Å². The van der Waals surface area contributed by atoms with Crippen LogP contribution in [-0.2, 0) is 15.4 Å². The van der Waals surface area contributed by atoms with Crippen molar-refractivity contribution in [3.63, 3.8) is 0 Å². The van der Waals surface area contributed by atoms with Crippen LogP contribution in [0.25, 0.3) is 0 Å². The van der Waals surface area contributed by atoms with E-state index in [2.05, 4.69) is 0 Å². The molecule has 0 unspecified atom stereocenters. The molecule has 0 radical (unpaired) electrons. The Bertz CT molecular complexity index is 394. The van der Waals surface area contributed by atoms with Crippen LogP contribution in [0.4, 0.5) is 0 Å². The first-order chi connectivity index (χ1) is 5.71. The minimum Gasteiger partial charge on any atom is -0.453 e. The molecule has 0 bridgehead atoms. The van der Waals surface area contributed by atoms with Crippen molar-refractivity contribution in [2.75, 3.05) is 6.26 Å². The zero-order valence-electron chi connectivity index (χ0n) is 7.73. The van der Waals surface area contributed by atoms with Crippen LogP contribution in [0.15, 0.2) is 21.8 Å². The van der Waals surface area contributed by atoms with Gasteiger partial charge in [-0.3, -0.25) is 0 Å². The highest BCUT2D eigenvalue weighted by Crippen LogP contribution is 2.23. The smallest absolute Gasteiger partial charge is 0.217 e. The van der Waals surface area contributed by atoms with Crippen molar-refractivity contribution in [1.82, 2.24) is 0 Å². The Morgan fingerprint density at radius 1 is 1.46 bits per heavy atom. The molecule has 74 valence electrons. The molecule has 5 heteroatoms. The molecule has 0 atom stereocenters. The van der Waals surface area contributed by atoms with Gasteiger partial charge in [0.1, 0.15) is 0 Å². The Morgan fingerprint density at radius 2 is 2.00 bits per heavy atom. The maximum absolute atomic E-state index is 11.0. The third kappa shape index (κ3) is 2.32. The lowest BCUT2D eigenvalue weighted by Gasteiger charge is -2.13. The second-order valence-electron chi connectivity index (χ2n) is 3.49. The molecule has 0 fully saturated rings. The topological polar surface area (TPSA) is 67.5 Å². The summed E-state index contributed by atoms with van der Waals surface area (Å²) in [5.41, 5.74) is -0.625. The van der Waals surface area contributed by atoms with Crippen LogP contribution < -0.4 is 0 Å². The van der Waals surface area contributed by atoms with E-state index < -0.39 is 15.4 Å². The highest BCUT2D eigenvalue weighted by Gasteiger charge is 2.21. The van der Waals surface area contributed by atoms with E-state index in [0.29, 0.717) is 5.56 Å². The molecule has 0 saturated heterocycles. The summed E-state index contributed by atoms with van der Waals surface area (Å²) in [5, 5.41) is 9.39. The van der Waals surface area contributed by atoms with Crippen molar-refractivity contribution < 1.29 is 17.9 Å². The number of rotatable bonds is 2. The van der Waals surface area contributed by atoms with Gasteiger partial charge >= 0.3 is 0 Å². The van der Waals surface area contributed by atoms with E-state index in [1.165, 1.54) is 12.3 Å². The molecule has 0 amide bonds. The monoisotopic (exact) mass is 204 g/mol. The third-order valence-electron chi connectivity index (χ3n) is 1.65. The molecule has 0 aromatic carbocycles. The molecule has 1 rings (SSSR count). The summed E-state index contributed by atoms with van der Waals surface area (Å²) in [6.45, 7) is 3.12. The van der Waals surface area contributed by atoms with Crippen LogP contribution in [0.3, 0.4) is 0 Å². The first-order valence-corrected chi connectivity index (χ1v) is 5.62. The molecule has 1 aromatic heterocycles. The lowest BCUT2D eigenvalue weighted by atomic mass is 10.0. The lowest BCUT2D eigenvalue weighted by molar-refractivity contribution is 0.0779. The van der Waals surface area contributed by atoms with E-state index in [1.807, 2.05) is 0 Å². The Balaban J connectivity index is 3.16. The van der Waals surface area contributed by atoms with E-state index in [-0.39, 0.29) is 5.09 Å². The van der Waals surface area contributed by atoms with E-state index in [4.69, 9.17) is 4.42 Å². The minimum atomic E-state index is -3.32. The summed E-state index contributed by atoms with van der Waals surface area (Å²) >= 11 is 0. The van der Waals surface area contributed by atoms with Gasteiger partial charge in [-0.25, -0.2) is 8.42 Å². The minimum absolute atomic E-state index is 0.121. The van der Waals surface area contributed by atoms with E-state index in [0.717, 1.165) is 6.26 Å². The van der Waals surface area contributed by atoms with Gasteiger partial charge in [-0.1, -0.05) is 0 Å². The number of hydrogen-bond acceptors (Lipinski definition) is 4. The van der Waals surface area contributed by atoms with Crippen molar-refractivity contribution in [2.24, 2.45) is 0 Å². The number of aliphatic hydroxyl groups is 1. The highest BCUT2D eigenvalue weighted by molar-refractivity contribution is 7.90. The molecule has 13 heavy (non-hydrogen) atoms. The van der Waals surface area contributed by atoms with Crippen molar-refractivity contribution in [1.29, 1.82) is 0 Å². The molecule has 1 N–H and O–H groups in total. The fraction of sp³-hybridized carbons (Fsp3) is 0.500. The second kappa shape index (κ2) is 2.85. The van der Waals surface area contributed by atoms with Crippen LogP contribution in [0.1, 0.15) is 19.4 Å². The molecule has 1 aromatic rings. The predicted octanol–water partition coefficient (Wildman–Crippen LogP) is 0.911. The van der Waals surface area contributed by atoms with Crippen LogP contribution in [0.5, 0.6) is 0 Å².